The molecular weight excluding hydrogens is 440 g/mol. The number of likely N-dealkylation sites (tertiary alicyclic amines) is 1. The second-order valence-corrected chi connectivity index (χ2v) is 8.61. The number of carbonyl (C=O) groups excluding carboxylic acids is 2. The van der Waals surface area contributed by atoms with Gasteiger partial charge in [0.2, 0.25) is 0 Å². The minimum absolute atomic E-state index is 0.0161. The average Bonchev–Trinajstić information content (AvgIpc) is 3.40. The van der Waals surface area contributed by atoms with Crippen LogP contribution < -0.4 is 9.47 Å². The number of carbonyl (C=O) groups is 2. The van der Waals surface area contributed by atoms with Crippen LogP contribution in [0.4, 0.5) is 0 Å². The summed E-state index contributed by atoms with van der Waals surface area (Å²) < 4.78 is 22.4. The highest BCUT2D eigenvalue weighted by molar-refractivity contribution is 6.46. The van der Waals surface area contributed by atoms with Gasteiger partial charge in [-0.2, -0.15) is 0 Å². The molecule has 1 amide bonds. The van der Waals surface area contributed by atoms with Crippen LogP contribution in [0.3, 0.4) is 0 Å². The van der Waals surface area contributed by atoms with Crippen LogP contribution in [0.5, 0.6) is 11.5 Å². The lowest BCUT2D eigenvalue weighted by Crippen LogP contribution is -2.38. The molecule has 0 bridgehead atoms. The molecule has 0 unspecified atom stereocenters. The van der Waals surface area contributed by atoms with E-state index in [0.717, 1.165) is 19.6 Å². The molecule has 2 saturated heterocycles. The number of nitrogens with zero attached hydrogens (tertiary/aromatic N) is 2. The topological polar surface area (TPSA) is 102 Å². The number of furan rings is 1. The van der Waals surface area contributed by atoms with Crippen LogP contribution in [0, 0.1) is 6.92 Å². The van der Waals surface area contributed by atoms with Gasteiger partial charge in [-0.05, 0) is 43.7 Å². The van der Waals surface area contributed by atoms with Crippen molar-refractivity contribution in [1.29, 1.82) is 0 Å². The van der Waals surface area contributed by atoms with Crippen molar-refractivity contribution in [3.05, 3.63) is 53.0 Å². The third kappa shape index (κ3) is 4.28. The highest BCUT2D eigenvalue weighted by Gasteiger charge is 2.47. The molecule has 2 fully saturated rings. The lowest BCUT2D eigenvalue weighted by molar-refractivity contribution is -0.140. The Balaban J connectivity index is 1.46. The van der Waals surface area contributed by atoms with Crippen LogP contribution in [0.2, 0.25) is 0 Å². The van der Waals surface area contributed by atoms with Gasteiger partial charge < -0.3 is 28.6 Å². The van der Waals surface area contributed by atoms with E-state index in [-0.39, 0.29) is 11.3 Å². The van der Waals surface area contributed by atoms with Gasteiger partial charge in [0.05, 0.1) is 18.8 Å². The van der Waals surface area contributed by atoms with Crippen LogP contribution in [-0.2, 0) is 14.3 Å². The van der Waals surface area contributed by atoms with Crippen LogP contribution >= 0.6 is 0 Å². The quantitative estimate of drug-likeness (QED) is 0.392. The number of hydrogen-bond acceptors (Lipinski definition) is 8. The zero-order valence-electron chi connectivity index (χ0n) is 19.1. The molecule has 0 radical (unpaired) electrons. The number of aliphatic hydroxyl groups excluding tert-OH is 1. The Morgan fingerprint density at radius 2 is 1.76 bits per heavy atom. The molecule has 9 heteroatoms. The minimum Gasteiger partial charge on any atom is -0.507 e. The van der Waals surface area contributed by atoms with E-state index in [2.05, 4.69) is 4.90 Å². The van der Waals surface area contributed by atoms with Crippen LogP contribution in [0.25, 0.3) is 5.76 Å². The summed E-state index contributed by atoms with van der Waals surface area (Å²) in [4.78, 5) is 30.0. The van der Waals surface area contributed by atoms with Crippen LogP contribution in [0.15, 0.2) is 40.3 Å². The lowest BCUT2D eigenvalue weighted by Gasteiger charge is -2.28. The van der Waals surface area contributed by atoms with Crippen LogP contribution in [0.1, 0.15) is 29.5 Å². The molecule has 34 heavy (non-hydrogen) atoms. The molecule has 180 valence electrons. The van der Waals surface area contributed by atoms with Gasteiger partial charge >= 0.3 is 0 Å². The zero-order valence-corrected chi connectivity index (χ0v) is 19.1. The summed E-state index contributed by atoms with van der Waals surface area (Å²) in [5.74, 6) is 0.545. The van der Waals surface area contributed by atoms with E-state index < -0.39 is 17.7 Å². The molecule has 1 atom stereocenters. The molecule has 3 aliphatic rings. The van der Waals surface area contributed by atoms with E-state index in [1.807, 2.05) is 0 Å². The van der Waals surface area contributed by atoms with E-state index in [1.54, 1.807) is 37.3 Å². The van der Waals surface area contributed by atoms with Gasteiger partial charge in [-0.25, -0.2) is 0 Å². The molecule has 9 nitrogen and oxygen atoms in total. The first-order valence-corrected chi connectivity index (χ1v) is 11.6. The van der Waals surface area contributed by atoms with Gasteiger partial charge in [-0.3, -0.25) is 14.5 Å². The number of ketones is 1. The molecule has 2 aromatic rings. The molecule has 1 N–H and O–H groups in total. The summed E-state index contributed by atoms with van der Waals surface area (Å²) in [6.45, 7) is 6.91. The highest BCUT2D eigenvalue weighted by atomic mass is 16.6. The molecule has 0 saturated carbocycles. The van der Waals surface area contributed by atoms with Crippen molar-refractivity contribution in [2.75, 3.05) is 52.6 Å². The summed E-state index contributed by atoms with van der Waals surface area (Å²) in [6, 6.07) is 7.70. The first-order chi connectivity index (χ1) is 16.5. The minimum atomic E-state index is -0.799. The number of rotatable bonds is 6. The zero-order chi connectivity index (χ0) is 23.7. The van der Waals surface area contributed by atoms with Crippen molar-refractivity contribution in [2.24, 2.45) is 0 Å². The average molecular weight is 469 g/mol. The Bertz CT molecular complexity index is 1120. The van der Waals surface area contributed by atoms with Crippen LogP contribution in [-0.4, -0.2) is 79.2 Å². The highest BCUT2D eigenvalue weighted by Crippen LogP contribution is 2.41. The molecular formula is C25H28N2O7. The predicted molar refractivity (Wildman–Crippen MR) is 122 cm³/mol. The van der Waals surface area contributed by atoms with Gasteiger partial charge in [-0.1, -0.05) is 0 Å². The maximum absolute atomic E-state index is 13.1. The number of hydrogen-bond donors (Lipinski definition) is 1. The van der Waals surface area contributed by atoms with Gasteiger partial charge in [0.1, 0.15) is 36.5 Å². The summed E-state index contributed by atoms with van der Waals surface area (Å²) in [5, 5.41) is 11.2. The molecule has 1 aromatic heterocycles. The molecule has 3 aliphatic heterocycles. The van der Waals surface area contributed by atoms with Gasteiger partial charge in [0.15, 0.2) is 11.5 Å². The predicted octanol–water partition coefficient (Wildman–Crippen LogP) is 2.50. The first kappa shape index (κ1) is 22.5. The largest absolute Gasteiger partial charge is 0.507 e. The fourth-order valence-corrected chi connectivity index (χ4v) is 4.64. The Kier molecular flexibility index (Phi) is 6.30. The van der Waals surface area contributed by atoms with Gasteiger partial charge in [0.25, 0.3) is 11.7 Å². The monoisotopic (exact) mass is 468 g/mol. The molecule has 4 heterocycles. The van der Waals surface area contributed by atoms with E-state index in [4.69, 9.17) is 18.6 Å². The maximum Gasteiger partial charge on any atom is 0.295 e. The molecule has 5 rings (SSSR count). The van der Waals surface area contributed by atoms with Crippen molar-refractivity contribution < 1.29 is 33.3 Å². The number of fused-ring (bicyclic) bond motifs is 1. The molecule has 0 aliphatic carbocycles. The van der Waals surface area contributed by atoms with Crippen molar-refractivity contribution in [3.8, 4) is 11.5 Å². The Morgan fingerprint density at radius 1 is 1.00 bits per heavy atom. The second-order valence-electron chi connectivity index (χ2n) is 8.61. The second kappa shape index (κ2) is 9.52. The number of ether oxygens (including phenoxy) is 3. The Hall–Kier alpha value is -3.30. The maximum atomic E-state index is 13.1. The summed E-state index contributed by atoms with van der Waals surface area (Å²) in [6.07, 6.45) is 0.688. The Labute approximate surface area is 197 Å². The number of aryl methyl sites for hydroxylation is 1. The molecule has 1 aromatic carbocycles. The Morgan fingerprint density at radius 3 is 2.50 bits per heavy atom. The first-order valence-electron chi connectivity index (χ1n) is 11.6. The van der Waals surface area contributed by atoms with Crippen molar-refractivity contribution in [3.63, 3.8) is 0 Å². The smallest absolute Gasteiger partial charge is 0.295 e. The van der Waals surface area contributed by atoms with Gasteiger partial charge in [0, 0.05) is 31.7 Å². The lowest BCUT2D eigenvalue weighted by atomic mass is 9.99. The van der Waals surface area contributed by atoms with Gasteiger partial charge in [-0.15, -0.1) is 0 Å². The van der Waals surface area contributed by atoms with Crippen molar-refractivity contribution in [2.45, 2.75) is 19.4 Å². The van der Waals surface area contributed by atoms with E-state index in [0.29, 0.717) is 68.0 Å². The number of benzene rings is 1. The van der Waals surface area contributed by atoms with Crippen molar-refractivity contribution in [1.82, 2.24) is 9.80 Å². The number of aliphatic hydroxyl groups is 1. The van der Waals surface area contributed by atoms with E-state index >= 15 is 0 Å². The summed E-state index contributed by atoms with van der Waals surface area (Å²) in [5.41, 5.74) is 0.395. The van der Waals surface area contributed by atoms with E-state index in [9.17, 15) is 14.7 Å². The number of amides is 1. The number of Topliss-reactive ketones (excluding diaryl/α,β-unsaturated/α-hetero) is 1. The van der Waals surface area contributed by atoms with Crippen molar-refractivity contribution >= 4 is 17.4 Å². The summed E-state index contributed by atoms with van der Waals surface area (Å²) in [7, 11) is 0. The third-order valence-electron chi connectivity index (χ3n) is 6.36. The molecule has 0 spiro atoms. The fraction of sp³-hybridized carbons (Fsp3) is 0.440. The standard InChI is InChI=1S/C25H28N2O7/c1-16-3-5-19(34-16)22-21(23(28)17-4-6-18-20(15-17)33-14-13-32-18)24(29)25(30)27(22)8-2-7-26-9-11-31-12-10-26/h3-6,15,22,28H,2,7-14H2,1H3/t22-/m1/s1. The number of morpholine rings is 1. The van der Waals surface area contributed by atoms with E-state index in [1.165, 1.54) is 4.90 Å². The third-order valence-corrected chi connectivity index (χ3v) is 6.36. The normalized spacial score (nSPS) is 22.4. The SMILES string of the molecule is Cc1ccc([C@@H]2C(=C(O)c3ccc4c(c3)OCCO4)C(=O)C(=O)N2CCCN2CCOCC2)o1. The fourth-order valence-electron chi connectivity index (χ4n) is 4.64. The summed E-state index contributed by atoms with van der Waals surface area (Å²) >= 11 is 0.